The van der Waals surface area contributed by atoms with Gasteiger partial charge in [-0.25, -0.2) is 0 Å². The van der Waals surface area contributed by atoms with Gasteiger partial charge < -0.3 is 5.73 Å². The molecule has 0 saturated heterocycles. The Kier molecular flexibility index (Phi) is 2.46. The first-order valence-corrected chi connectivity index (χ1v) is 4.82. The van der Waals surface area contributed by atoms with Crippen molar-refractivity contribution in [1.29, 1.82) is 0 Å². The Labute approximate surface area is 79.3 Å². The van der Waals surface area contributed by atoms with Gasteiger partial charge in [0.25, 0.3) is 0 Å². The van der Waals surface area contributed by atoms with E-state index in [0.717, 1.165) is 6.42 Å². The van der Waals surface area contributed by atoms with Gasteiger partial charge in [0.15, 0.2) is 0 Å². The van der Waals surface area contributed by atoms with Crippen molar-refractivity contribution in [2.75, 3.05) is 0 Å². The first-order chi connectivity index (χ1) is 6.38. The average molecular weight is 173 g/mol. The van der Waals surface area contributed by atoms with Crippen LogP contribution in [0, 0.1) is 11.8 Å². The van der Waals surface area contributed by atoms with E-state index in [2.05, 4.69) is 42.5 Å². The standard InChI is InChI=1S/C12H15N/c13-12-9-5-4-8-11(12)10-6-2-1-3-7-10/h1-6,8-12H,7,13H2/t10?,11-,12?/m0/s1. The summed E-state index contributed by atoms with van der Waals surface area (Å²) in [5.41, 5.74) is 6.01. The van der Waals surface area contributed by atoms with Crippen LogP contribution in [-0.4, -0.2) is 6.04 Å². The van der Waals surface area contributed by atoms with Gasteiger partial charge in [-0.1, -0.05) is 48.6 Å². The highest BCUT2D eigenvalue weighted by molar-refractivity contribution is 5.22. The summed E-state index contributed by atoms with van der Waals surface area (Å²) in [6.45, 7) is 0. The molecule has 0 radical (unpaired) electrons. The smallest absolute Gasteiger partial charge is 0.0296 e. The zero-order valence-corrected chi connectivity index (χ0v) is 7.64. The van der Waals surface area contributed by atoms with E-state index in [-0.39, 0.29) is 6.04 Å². The maximum absolute atomic E-state index is 6.01. The maximum atomic E-state index is 6.01. The van der Waals surface area contributed by atoms with Crippen LogP contribution in [0.2, 0.25) is 0 Å². The Balaban J connectivity index is 2.08. The molecule has 0 heterocycles. The van der Waals surface area contributed by atoms with E-state index in [1.54, 1.807) is 0 Å². The monoisotopic (exact) mass is 173 g/mol. The molecule has 0 aromatic rings. The highest BCUT2D eigenvalue weighted by Gasteiger charge is 2.22. The predicted molar refractivity (Wildman–Crippen MR) is 56.1 cm³/mol. The van der Waals surface area contributed by atoms with Gasteiger partial charge in [-0.15, -0.1) is 0 Å². The Morgan fingerprint density at radius 1 is 0.923 bits per heavy atom. The van der Waals surface area contributed by atoms with Crippen molar-refractivity contribution >= 4 is 0 Å². The van der Waals surface area contributed by atoms with Crippen molar-refractivity contribution in [2.45, 2.75) is 12.5 Å². The molecule has 2 N–H and O–H groups in total. The summed E-state index contributed by atoms with van der Waals surface area (Å²) in [6.07, 6.45) is 18.2. The van der Waals surface area contributed by atoms with Crippen molar-refractivity contribution in [3.8, 4) is 0 Å². The molecule has 2 aliphatic carbocycles. The fourth-order valence-electron chi connectivity index (χ4n) is 1.95. The number of rotatable bonds is 1. The SMILES string of the molecule is NC1C=CC=C[C@H]1C1C=CC=CC1. The Bertz CT molecular complexity index is 283. The molecule has 2 aliphatic rings. The van der Waals surface area contributed by atoms with E-state index < -0.39 is 0 Å². The zero-order valence-electron chi connectivity index (χ0n) is 7.64. The van der Waals surface area contributed by atoms with Crippen LogP contribution < -0.4 is 5.73 Å². The van der Waals surface area contributed by atoms with Crippen LogP contribution in [0.25, 0.3) is 0 Å². The Morgan fingerprint density at radius 3 is 2.38 bits per heavy atom. The molecule has 1 heteroatoms. The van der Waals surface area contributed by atoms with Crippen molar-refractivity contribution in [1.82, 2.24) is 0 Å². The molecule has 3 atom stereocenters. The third kappa shape index (κ3) is 1.81. The predicted octanol–water partition coefficient (Wildman–Crippen LogP) is 2.19. The number of nitrogens with two attached hydrogens (primary N) is 1. The highest BCUT2D eigenvalue weighted by Crippen LogP contribution is 2.26. The quantitative estimate of drug-likeness (QED) is 0.646. The molecule has 0 spiro atoms. The molecule has 0 saturated carbocycles. The van der Waals surface area contributed by atoms with Crippen LogP contribution in [-0.2, 0) is 0 Å². The summed E-state index contributed by atoms with van der Waals surface area (Å²) >= 11 is 0. The molecule has 0 bridgehead atoms. The molecule has 2 unspecified atom stereocenters. The van der Waals surface area contributed by atoms with Gasteiger partial charge in [0.2, 0.25) is 0 Å². The van der Waals surface area contributed by atoms with Gasteiger partial charge in [-0.2, -0.15) is 0 Å². The minimum Gasteiger partial charge on any atom is -0.324 e. The normalized spacial score (nSPS) is 36.8. The molecule has 0 amide bonds. The van der Waals surface area contributed by atoms with Gasteiger partial charge in [-0.05, 0) is 12.3 Å². The first-order valence-electron chi connectivity index (χ1n) is 4.82. The summed E-state index contributed by atoms with van der Waals surface area (Å²) in [5, 5.41) is 0. The second kappa shape index (κ2) is 3.75. The van der Waals surface area contributed by atoms with E-state index in [1.807, 2.05) is 6.08 Å². The first kappa shape index (κ1) is 8.52. The van der Waals surface area contributed by atoms with Crippen molar-refractivity contribution in [3.05, 3.63) is 48.6 Å². The second-order valence-corrected chi connectivity index (χ2v) is 3.64. The molecule has 68 valence electrons. The fourth-order valence-corrected chi connectivity index (χ4v) is 1.95. The lowest BCUT2D eigenvalue weighted by Crippen LogP contribution is -2.32. The van der Waals surface area contributed by atoms with E-state index >= 15 is 0 Å². The van der Waals surface area contributed by atoms with Crippen molar-refractivity contribution < 1.29 is 0 Å². The molecule has 0 fully saturated rings. The van der Waals surface area contributed by atoms with Gasteiger partial charge >= 0.3 is 0 Å². The van der Waals surface area contributed by atoms with Crippen molar-refractivity contribution in [2.24, 2.45) is 17.6 Å². The van der Waals surface area contributed by atoms with Gasteiger partial charge in [0.05, 0.1) is 0 Å². The van der Waals surface area contributed by atoms with Gasteiger partial charge in [-0.3, -0.25) is 0 Å². The van der Waals surface area contributed by atoms with E-state index in [4.69, 9.17) is 5.73 Å². The largest absolute Gasteiger partial charge is 0.324 e. The van der Waals surface area contributed by atoms with Crippen LogP contribution in [0.4, 0.5) is 0 Å². The second-order valence-electron chi connectivity index (χ2n) is 3.64. The lowest BCUT2D eigenvalue weighted by atomic mass is 9.80. The molecular weight excluding hydrogens is 158 g/mol. The third-order valence-corrected chi connectivity index (χ3v) is 2.73. The van der Waals surface area contributed by atoms with Crippen LogP contribution in [0.1, 0.15) is 6.42 Å². The average Bonchev–Trinajstić information content (AvgIpc) is 2.20. The van der Waals surface area contributed by atoms with Crippen molar-refractivity contribution in [3.63, 3.8) is 0 Å². The summed E-state index contributed by atoms with van der Waals surface area (Å²) in [4.78, 5) is 0. The summed E-state index contributed by atoms with van der Waals surface area (Å²) in [7, 11) is 0. The number of hydrogen-bond donors (Lipinski definition) is 1. The van der Waals surface area contributed by atoms with Crippen LogP contribution >= 0.6 is 0 Å². The molecule has 0 aliphatic heterocycles. The van der Waals surface area contributed by atoms with E-state index in [0.29, 0.717) is 11.8 Å². The highest BCUT2D eigenvalue weighted by atomic mass is 14.6. The number of allylic oxidation sites excluding steroid dienone is 6. The Morgan fingerprint density at radius 2 is 1.69 bits per heavy atom. The van der Waals surface area contributed by atoms with Crippen LogP contribution in [0.5, 0.6) is 0 Å². The lowest BCUT2D eigenvalue weighted by molar-refractivity contribution is 0.433. The van der Waals surface area contributed by atoms with E-state index in [9.17, 15) is 0 Å². The maximum Gasteiger partial charge on any atom is 0.0296 e. The van der Waals surface area contributed by atoms with E-state index in [1.165, 1.54) is 0 Å². The Hall–Kier alpha value is -1.08. The molecule has 2 rings (SSSR count). The molecule has 0 aromatic carbocycles. The molecule has 13 heavy (non-hydrogen) atoms. The minimum absolute atomic E-state index is 0.186. The number of hydrogen-bond acceptors (Lipinski definition) is 1. The topological polar surface area (TPSA) is 26.0 Å². The van der Waals surface area contributed by atoms with Gasteiger partial charge in [0, 0.05) is 12.0 Å². The van der Waals surface area contributed by atoms with Gasteiger partial charge in [0.1, 0.15) is 0 Å². The van der Waals surface area contributed by atoms with Crippen LogP contribution in [0.15, 0.2) is 48.6 Å². The summed E-state index contributed by atoms with van der Waals surface area (Å²) in [6, 6.07) is 0.186. The molecule has 1 nitrogen and oxygen atoms in total. The summed E-state index contributed by atoms with van der Waals surface area (Å²) < 4.78 is 0. The molecule has 0 aromatic heterocycles. The molecular formula is C12H15N. The minimum atomic E-state index is 0.186. The van der Waals surface area contributed by atoms with Crippen LogP contribution in [0.3, 0.4) is 0 Å². The third-order valence-electron chi connectivity index (χ3n) is 2.73. The summed E-state index contributed by atoms with van der Waals surface area (Å²) in [5.74, 6) is 1.06. The zero-order chi connectivity index (χ0) is 9.10. The lowest BCUT2D eigenvalue weighted by Gasteiger charge is -2.27. The fraction of sp³-hybridized carbons (Fsp3) is 0.333.